The largest absolute Gasteiger partial charge is 0.493 e. The first-order chi connectivity index (χ1) is 10.9. The molecule has 0 spiro atoms. The molecule has 6 nitrogen and oxygen atoms in total. The van der Waals surface area contributed by atoms with Crippen molar-refractivity contribution >= 4 is 21.9 Å². The fraction of sp³-hybridized carbons (Fsp3) is 0.562. The molecule has 0 heterocycles. The monoisotopic (exact) mass is 389 g/mol. The van der Waals surface area contributed by atoms with E-state index in [1.807, 2.05) is 19.1 Å². The number of hydrogen-bond acceptors (Lipinski definition) is 6. The third-order valence-corrected chi connectivity index (χ3v) is 4.37. The van der Waals surface area contributed by atoms with Crippen LogP contribution in [0.25, 0.3) is 0 Å². The van der Waals surface area contributed by atoms with Crippen molar-refractivity contribution in [2.75, 3.05) is 35.0 Å². The summed E-state index contributed by atoms with van der Waals surface area (Å²) in [5.41, 5.74) is 0.448. The molecule has 1 aromatic rings. The minimum Gasteiger partial charge on any atom is -0.493 e. The van der Waals surface area contributed by atoms with E-state index in [4.69, 9.17) is 18.9 Å². The van der Waals surface area contributed by atoms with Crippen LogP contribution < -0.4 is 14.8 Å². The maximum absolute atomic E-state index is 11.6. The van der Waals surface area contributed by atoms with E-state index in [9.17, 15) is 4.79 Å². The summed E-state index contributed by atoms with van der Waals surface area (Å²) in [6.07, 6.45) is 0.211. The number of hydrogen-bond donors (Lipinski definition) is 1. The lowest BCUT2D eigenvalue weighted by Crippen LogP contribution is -2.47. The van der Waals surface area contributed by atoms with Crippen molar-refractivity contribution in [1.82, 2.24) is 5.32 Å². The van der Waals surface area contributed by atoms with Crippen LogP contribution in [-0.4, -0.2) is 46.6 Å². The average molecular weight is 390 g/mol. The molecule has 0 unspecified atom stereocenters. The SMILES string of the molecule is COC[C@@](C)(CC(=O)OC)NCc1ccc(OC)c(OC)c1Br. The van der Waals surface area contributed by atoms with Gasteiger partial charge in [0.2, 0.25) is 0 Å². The van der Waals surface area contributed by atoms with Crippen molar-refractivity contribution in [3.05, 3.63) is 22.2 Å². The van der Waals surface area contributed by atoms with Gasteiger partial charge >= 0.3 is 5.97 Å². The molecule has 1 atom stereocenters. The minimum atomic E-state index is -0.533. The van der Waals surface area contributed by atoms with Crippen molar-refractivity contribution < 1.29 is 23.7 Å². The Hall–Kier alpha value is -1.31. The molecule has 1 N–H and O–H groups in total. The summed E-state index contributed by atoms with van der Waals surface area (Å²) in [5.74, 6) is 0.994. The molecule has 1 rings (SSSR count). The Morgan fingerprint density at radius 1 is 1.22 bits per heavy atom. The molecule has 130 valence electrons. The van der Waals surface area contributed by atoms with Crippen LogP contribution in [0.1, 0.15) is 18.9 Å². The second kappa shape index (κ2) is 9.10. The van der Waals surface area contributed by atoms with Crippen LogP contribution in [-0.2, 0) is 20.8 Å². The number of ether oxygens (including phenoxy) is 4. The Bertz CT molecular complexity index is 537. The molecule has 0 aliphatic rings. The molecule has 7 heteroatoms. The van der Waals surface area contributed by atoms with E-state index in [2.05, 4.69) is 21.2 Å². The zero-order chi connectivity index (χ0) is 17.5. The van der Waals surface area contributed by atoms with Crippen LogP contribution >= 0.6 is 15.9 Å². The van der Waals surface area contributed by atoms with Gasteiger partial charge in [0, 0.05) is 19.2 Å². The third kappa shape index (κ3) is 5.37. The average Bonchev–Trinajstić information content (AvgIpc) is 2.53. The summed E-state index contributed by atoms with van der Waals surface area (Å²) in [6, 6.07) is 3.78. The molecule has 0 radical (unpaired) electrons. The lowest BCUT2D eigenvalue weighted by atomic mass is 9.98. The smallest absolute Gasteiger partial charge is 0.307 e. The lowest BCUT2D eigenvalue weighted by Gasteiger charge is -2.29. The topological polar surface area (TPSA) is 66.0 Å². The Kier molecular flexibility index (Phi) is 7.81. The van der Waals surface area contributed by atoms with Crippen molar-refractivity contribution in [2.45, 2.75) is 25.4 Å². The Balaban J connectivity index is 2.91. The molecule has 0 saturated heterocycles. The van der Waals surface area contributed by atoms with Gasteiger partial charge in [-0.05, 0) is 34.5 Å². The van der Waals surface area contributed by atoms with Crippen molar-refractivity contribution in [3.63, 3.8) is 0 Å². The van der Waals surface area contributed by atoms with Crippen molar-refractivity contribution in [3.8, 4) is 11.5 Å². The number of rotatable bonds is 9. The third-order valence-electron chi connectivity index (χ3n) is 3.50. The fourth-order valence-electron chi connectivity index (χ4n) is 2.25. The Morgan fingerprint density at radius 2 is 1.91 bits per heavy atom. The molecule has 23 heavy (non-hydrogen) atoms. The van der Waals surface area contributed by atoms with E-state index < -0.39 is 5.54 Å². The molecule has 0 aliphatic heterocycles. The zero-order valence-electron chi connectivity index (χ0n) is 14.2. The van der Waals surface area contributed by atoms with Crippen LogP contribution in [0.5, 0.6) is 11.5 Å². The van der Waals surface area contributed by atoms with Gasteiger partial charge in [-0.15, -0.1) is 0 Å². The Morgan fingerprint density at radius 3 is 2.43 bits per heavy atom. The maximum atomic E-state index is 11.6. The summed E-state index contributed by atoms with van der Waals surface area (Å²) in [6.45, 7) is 2.83. The quantitative estimate of drug-likeness (QED) is 0.654. The summed E-state index contributed by atoms with van der Waals surface area (Å²) >= 11 is 3.54. The first-order valence-electron chi connectivity index (χ1n) is 7.11. The summed E-state index contributed by atoms with van der Waals surface area (Å²) in [5, 5.41) is 3.36. The van der Waals surface area contributed by atoms with Crippen LogP contribution in [0.3, 0.4) is 0 Å². The van der Waals surface area contributed by atoms with Gasteiger partial charge in [0.25, 0.3) is 0 Å². The van der Waals surface area contributed by atoms with E-state index in [0.29, 0.717) is 24.7 Å². The van der Waals surface area contributed by atoms with Gasteiger partial charge in [0.1, 0.15) is 0 Å². The molecular weight excluding hydrogens is 366 g/mol. The van der Waals surface area contributed by atoms with Crippen molar-refractivity contribution in [1.29, 1.82) is 0 Å². The first kappa shape index (κ1) is 19.7. The highest BCUT2D eigenvalue weighted by Crippen LogP contribution is 2.37. The van der Waals surface area contributed by atoms with E-state index in [1.165, 1.54) is 7.11 Å². The molecule has 0 bridgehead atoms. The predicted octanol–water partition coefficient (Wildman–Crippen LogP) is 2.52. The highest BCUT2D eigenvalue weighted by atomic mass is 79.9. The highest BCUT2D eigenvalue weighted by molar-refractivity contribution is 9.10. The lowest BCUT2D eigenvalue weighted by molar-refractivity contribution is -0.142. The maximum Gasteiger partial charge on any atom is 0.307 e. The van der Waals surface area contributed by atoms with Gasteiger partial charge in [0.15, 0.2) is 11.5 Å². The molecule has 0 fully saturated rings. The zero-order valence-corrected chi connectivity index (χ0v) is 15.8. The number of nitrogens with one attached hydrogen (secondary N) is 1. The van der Waals surface area contributed by atoms with Gasteiger partial charge < -0.3 is 24.3 Å². The number of benzene rings is 1. The van der Waals surface area contributed by atoms with E-state index in [-0.39, 0.29) is 12.4 Å². The minimum absolute atomic E-state index is 0.211. The summed E-state index contributed by atoms with van der Waals surface area (Å²) < 4.78 is 21.4. The highest BCUT2D eigenvalue weighted by Gasteiger charge is 2.28. The molecule has 0 aromatic heterocycles. The van der Waals surface area contributed by atoms with Crippen LogP contribution in [0.2, 0.25) is 0 Å². The van der Waals surface area contributed by atoms with Gasteiger partial charge in [-0.3, -0.25) is 4.79 Å². The molecular formula is C16H24BrNO5. The molecule has 0 aliphatic carbocycles. The summed E-state index contributed by atoms with van der Waals surface area (Å²) in [7, 11) is 6.16. The standard InChI is InChI=1S/C16H24BrNO5/c1-16(10-20-2,8-13(19)22-4)18-9-11-6-7-12(21-3)15(23-5)14(11)17/h6-7,18H,8-10H2,1-5H3/t16-/m1/s1. The normalized spacial score (nSPS) is 13.3. The number of carbonyl (C=O) groups excluding carboxylic acids is 1. The van der Waals surface area contributed by atoms with Gasteiger partial charge in [-0.1, -0.05) is 6.07 Å². The first-order valence-corrected chi connectivity index (χ1v) is 7.90. The van der Waals surface area contributed by atoms with Gasteiger partial charge in [0.05, 0.1) is 38.8 Å². The van der Waals surface area contributed by atoms with Crippen LogP contribution in [0.4, 0.5) is 0 Å². The van der Waals surface area contributed by atoms with E-state index in [1.54, 1.807) is 21.3 Å². The van der Waals surface area contributed by atoms with Gasteiger partial charge in [-0.25, -0.2) is 0 Å². The van der Waals surface area contributed by atoms with Gasteiger partial charge in [-0.2, -0.15) is 0 Å². The second-order valence-electron chi connectivity index (χ2n) is 5.37. The number of methoxy groups -OCH3 is 4. The molecule has 1 aromatic carbocycles. The second-order valence-corrected chi connectivity index (χ2v) is 6.17. The number of halogens is 1. The number of esters is 1. The predicted molar refractivity (Wildman–Crippen MR) is 91.0 cm³/mol. The van der Waals surface area contributed by atoms with Crippen molar-refractivity contribution in [2.24, 2.45) is 0 Å². The summed E-state index contributed by atoms with van der Waals surface area (Å²) in [4.78, 5) is 11.6. The molecule has 0 amide bonds. The molecule has 0 saturated carbocycles. The van der Waals surface area contributed by atoms with E-state index in [0.717, 1.165) is 10.0 Å². The fourth-order valence-corrected chi connectivity index (χ4v) is 2.88. The van der Waals surface area contributed by atoms with Crippen LogP contribution in [0, 0.1) is 0 Å². The van der Waals surface area contributed by atoms with Crippen LogP contribution in [0.15, 0.2) is 16.6 Å². The van der Waals surface area contributed by atoms with E-state index >= 15 is 0 Å². The number of carbonyl (C=O) groups is 1. The Labute approximate surface area is 145 Å².